The molecule has 0 unspecified atom stereocenters. The fraction of sp³-hybridized carbons (Fsp3) is 0.231. The maximum atomic E-state index is 11.9. The van der Waals surface area contributed by atoms with Crippen molar-refractivity contribution in [2.24, 2.45) is 0 Å². The van der Waals surface area contributed by atoms with Gasteiger partial charge in [-0.05, 0) is 24.6 Å². The second-order valence-corrected chi connectivity index (χ2v) is 4.60. The first-order valence-electron chi connectivity index (χ1n) is 5.27. The summed E-state index contributed by atoms with van der Waals surface area (Å²) >= 11 is 1.40. The fourth-order valence-electron chi connectivity index (χ4n) is 1.49. The minimum atomic E-state index is 0.0632. The number of ketones is 1. The average Bonchev–Trinajstić information content (AvgIpc) is 2.77. The molecule has 0 saturated heterocycles. The van der Waals surface area contributed by atoms with E-state index in [1.54, 1.807) is 7.11 Å². The molecule has 4 heteroatoms. The summed E-state index contributed by atoms with van der Waals surface area (Å²) in [6.45, 7) is 1.89. The number of Topliss-reactive ketones (excluding diaryl/α,β-unsaturated/α-hetero) is 1. The molecular weight excluding hydrogens is 234 g/mol. The summed E-state index contributed by atoms with van der Waals surface area (Å²) in [5.41, 5.74) is 1.87. The second kappa shape index (κ2) is 5.10. The number of nitrogens with zero attached hydrogens (tertiary/aromatic N) is 1. The number of aryl methyl sites for hydroxylation is 1. The van der Waals surface area contributed by atoms with Crippen LogP contribution in [-0.2, 0) is 6.42 Å². The average molecular weight is 247 g/mol. The second-order valence-electron chi connectivity index (χ2n) is 3.74. The van der Waals surface area contributed by atoms with E-state index in [0.29, 0.717) is 11.4 Å². The van der Waals surface area contributed by atoms with Gasteiger partial charge in [-0.2, -0.15) is 0 Å². The van der Waals surface area contributed by atoms with E-state index in [1.807, 2.05) is 36.6 Å². The minimum Gasteiger partial charge on any atom is -0.497 e. The van der Waals surface area contributed by atoms with E-state index in [9.17, 15) is 4.79 Å². The summed E-state index contributed by atoms with van der Waals surface area (Å²) in [6.07, 6.45) is 0.386. The number of ether oxygens (including phenoxy) is 1. The van der Waals surface area contributed by atoms with E-state index in [4.69, 9.17) is 4.74 Å². The Kier molecular flexibility index (Phi) is 3.54. The van der Waals surface area contributed by atoms with E-state index in [1.165, 1.54) is 11.3 Å². The monoisotopic (exact) mass is 247 g/mol. The van der Waals surface area contributed by atoms with Crippen molar-refractivity contribution >= 4 is 17.1 Å². The molecule has 0 bridgehead atoms. The Morgan fingerprint density at radius 3 is 2.59 bits per heavy atom. The van der Waals surface area contributed by atoms with Gasteiger partial charge in [-0.3, -0.25) is 4.79 Å². The molecule has 1 aromatic heterocycles. The van der Waals surface area contributed by atoms with Crippen molar-refractivity contribution in [3.8, 4) is 5.75 Å². The molecule has 1 aromatic carbocycles. The van der Waals surface area contributed by atoms with Crippen LogP contribution in [0.15, 0.2) is 29.6 Å². The zero-order valence-electron chi connectivity index (χ0n) is 9.77. The van der Waals surface area contributed by atoms with Crippen LogP contribution in [0.25, 0.3) is 0 Å². The molecule has 0 atom stereocenters. The van der Waals surface area contributed by atoms with Gasteiger partial charge in [-0.25, -0.2) is 4.98 Å². The highest BCUT2D eigenvalue weighted by molar-refractivity contribution is 7.11. The molecule has 0 fully saturated rings. The van der Waals surface area contributed by atoms with E-state index in [2.05, 4.69) is 4.98 Å². The molecule has 2 aromatic rings. The number of benzene rings is 1. The summed E-state index contributed by atoms with van der Waals surface area (Å²) in [4.78, 5) is 16.1. The highest BCUT2D eigenvalue weighted by atomic mass is 32.1. The quantitative estimate of drug-likeness (QED) is 0.780. The maximum absolute atomic E-state index is 11.9. The van der Waals surface area contributed by atoms with Crippen molar-refractivity contribution in [1.82, 2.24) is 4.98 Å². The van der Waals surface area contributed by atoms with Crippen molar-refractivity contribution in [3.63, 3.8) is 0 Å². The zero-order chi connectivity index (χ0) is 12.3. The molecule has 0 spiro atoms. The maximum Gasteiger partial charge on any atom is 0.195 e. The first kappa shape index (κ1) is 11.8. The van der Waals surface area contributed by atoms with Crippen molar-refractivity contribution in [2.75, 3.05) is 7.11 Å². The molecule has 0 saturated carbocycles. The molecule has 0 radical (unpaired) electrons. The molecule has 3 nitrogen and oxygen atoms in total. The molecular formula is C13H13NO2S. The number of rotatable bonds is 4. The summed E-state index contributed by atoms with van der Waals surface area (Å²) < 4.78 is 5.07. The van der Waals surface area contributed by atoms with Crippen molar-refractivity contribution < 1.29 is 9.53 Å². The van der Waals surface area contributed by atoms with Gasteiger partial charge in [0, 0.05) is 17.5 Å². The van der Waals surface area contributed by atoms with Crippen molar-refractivity contribution in [1.29, 1.82) is 0 Å². The Morgan fingerprint density at radius 1 is 1.35 bits per heavy atom. The number of hydrogen-bond donors (Lipinski definition) is 0. The predicted octanol–water partition coefficient (Wildman–Crippen LogP) is 2.89. The first-order valence-corrected chi connectivity index (χ1v) is 6.15. The summed E-state index contributed by atoms with van der Waals surface area (Å²) in [5.74, 6) is 0.861. The lowest BCUT2D eigenvalue weighted by Gasteiger charge is -2.01. The van der Waals surface area contributed by atoms with Crippen LogP contribution in [0.1, 0.15) is 21.1 Å². The molecule has 0 amide bonds. The topological polar surface area (TPSA) is 39.2 Å². The number of methoxy groups -OCH3 is 1. The molecule has 0 aliphatic carbocycles. The SMILES string of the molecule is COc1ccc(CC(=O)c2nc(C)cs2)cc1. The number of carbonyl (C=O) groups excluding carboxylic acids is 1. The highest BCUT2D eigenvalue weighted by Crippen LogP contribution is 2.15. The van der Waals surface area contributed by atoms with Crippen LogP contribution >= 0.6 is 11.3 Å². The normalized spacial score (nSPS) is 10.2. The van der Waals surface area contributed by atoms with Gasteiger partial charge in [0.05, 0.1) is 7.11 Å². The molecule has 88 valence electrons. The Morgan fingerprint density at radius 2 is 2.06 bits per heavy atom. The van der Waals surface area contributed by atoms with Crippen LogP contribution in [-0.4, -0.2) is 17.9 Å². The minimum absolute atomic E-state index is 0.0632. The van der Waals surface area contributed by atoms with E-state index in [0.717, 1.165) is 17.0 Å². The molecule has 0 N–H and O–H groups in total. The summed E-state index contributed by atoms with van der Waals surface area (Å²) in [6, 6.07) is 7.51. The molecule has 1 heterocycles. The summed E-state index contributed by atoms with van der Waals surface area (Å²) in [7, 11) is 1.62. The van der Waals surface area contributed by atoms with E-state index < -0.39 is 0 Å². The van der Waals surface area contributed by atoms with Gasteiger partial charge in [0.15, 0.2) is 10.8 Å². The van der Waals surface area contributed by atoms with Crippen molar-refractivity contribution in [3.05, 3.63) is 45.9 Å². The molecule has 0 aliphatic heterocycles. The molecule has 17 heavy (non-hydrogen) atoms. The first-order chi connectivity index (χ1) is 8.19. The standard InChI is InChI=1S/C13H13NO2S/c1-9-8-17-13(14-9)12(15)7-10-3-5-11(16-2)6-4-10/h3-6,8H,7H2,1-2H3. The van der Waals surface area contributed by atoms with Crippen LogP contribution in [0.2, 0.25) is 0 Å². The van der Waals surface area contributed by atoms with Gasteiger partial charge in [0.25, 0.3) is 0 Å². The lowest BCUT2D eigenvalue weighted by atomic mass is 10.1. The van der Waals surface area contributed by atoms with Gasteiger partial charge >= 0.3 is 0 Å². The van der Waals surface area contributed by atoms with Gasteiger partial charge < -0.3 is 4.74 Å². The van der Waals surface area contributed by atoms with E-state index in [-0.39, 0.29) is 5.78 Å². The summed E-state index contributed by atoms with van der Waals surface area (Å²) in [5, 5.41) is 2.47. The fourth-order valence-corrected chi connectivity index (χ4v) is 2.22. The van der Waals surface area contributed by atoms with Crippen LogP contribution in [0.5, 0.6) is 5.75 Å². The predicted molar refractivity (Wildman–Crippen MR) is 67.9 cm³/mol. The number of carbonyl (C=O) groups is 1. The Labute approximate surface area is 104 Å². The number of aromatic nitrogens is 1. The lowest BCUT2D eigenvalue weighted by molar-refractivity contribution is 0.0992. The third kappa shape index (κ3) is 2.91. The van der Waals surface area contributed by atoms with Crippen LogP contribution in [0, 0.1) is 6.92 Å². The number of hydrogen-bond acceptors (Lipinski definition) is 4. The van der Waals surface area contributed by atoms with Gasteiger partial charge in [-0.15, -0.1) is 11.3 Å². The Balaban J connectivity index is 2.07. The Bertz CT molecular complexity index is 516. The van der Waals surface area contributed by atoms with Crippen LogP contribution in [0.4, 0.5) is 0 Å². The third-order valence-corrected chi connectivity index (χ3v) is 3.38. The number of thiazole rings is 1. The lowest BCUT2D eigenvalue weighted by Crippen LogP contribution is -2.03. The van der Waals surface area contributed by atoms with Crippen molar-refractivity contribution in [2.45, 2.75) is 13.3 Å². The molecule has 2 rings (SSSR count). The Hall–Kier alpha value is -1.68. The zero-order valence-corrected chi connectivity index (χ0v) is 10.6. The smallest absolute Gasteiger partial charge is 0.195 e. The largest absolute Gasteiger partial charge is 0.497 e. The van der Waals surface area contributed by atoms with Gasteiger partial charge in [0.2, 0.25) is 0 Å². The van der Waals surface area contributed by atoms with Gasteiger partial charge in [0.1, 0.15) is 5.75 Å². The molecule has 0 aliphatic rings. The van der Waals surface area contributed by atoms with Crippen LogP contribution < -0.4 is 4.74 Å². The van der Waals surface area contributed by atoms with E-state index >= 15 is 0 Å². The third-order valence-electron chi connectivity index (χ3n) is 2.38. The van der Waals surface area contributed by atoms with Crippen LogP contribution in [0.3, 0.4) is 0 Å². The highest BCUT2D eigenvalue weighted by Gasteiger charge is 2.10. The van der Waals surface area contributed by atoms with Gasteiger partial charge in [-0.1, -0.05) is 12.1 Å².